The van der Waals surface area contributed by atoms with Gasteiger partial charge >= 0.3 is 0 Å². The van der Waals surface area contributed by atoms with Gasteiger partial charge in [0.25, 0.3) is 5.91 Å². The number of fused-ring (bicyclic) bond motifs is 1. The van der Waals surface area contributed by atoms with Gasteiger partial charge in [-0.15, -0.1) is 0 Å². The van der Waals surface area contributed by atoms with Crippen molar-refractivity contribution in [2.75, 3.05) is 32.8 Å². The van der Waals surface area contributed by atoms with E-state index in [1.807, 2.05) is 42.2 Å². The number of benzene rings is 2. The third-order valence-corrected chi connectivity index (χ3v) is 7.01. The zero-order valence-corrected chi connectivity index (χ0v) is 21.4. The lowest BCUT2D eigenvalue weighted by molar-refractivity contribution is 0.0596. The first-order chi connectivity index (χ1) is 18.7. The molecule has 0 N–H and O–H groups in total. The van der Waals surface area contributed by atoms with E-state index in [0.717, 1.165) is 59.1 Å². The van der Waals surface area contributed by atoms with Crippen LogP contribution in [0, 0.1) is 0 Å². The van der Waals surface area contributed by atoms with E-state index in [9.17, 15) is 4.79 Å². The van der Waals surface area contributed by atoms with Crippen LogP contribution in [0.5, 0.6) is 5.75 Å². The highest BCUT2D eigenvalue weighted by molar-refractivity contribution is 5.91. The molecule has 4 heterocycles. The summed E-state index contributed by atoms with van der Waals surface area (Å²) < 4.78 is 13.3. The van der Waals surface area contributed by atoms with Gasteiger partial charge in [0.05, 0.1) is 24.3 Å². The van der Waals surface area contributed by atoms with Crippen molar-refractivity contribution in [3.63, 3.8) is 0 Å². The smallest absolute Gasteiger partial charge is 0.289 e. The number of imidazole rings is 1. The summed E-state index contributed by atoms with van der Waals surface area (Å²) in [7, 11) is 0. The van der Waals surface area contributed by atoms with Gasteiger partial charge in [0.15, 0.2) is 5.76 Å². The van der Waals surface area contributed by atoms with Crippen LogP contribution in [0.1, 0.15) is 23.2 Å². The van der Waals surface area contributed by atoms with E-state index in [-0.39, 0.29) is 5.91 Å². The molecule has 1 amide bonds. The molecule has 7 nitrogen and oxygen atoms in total. The number of ether oxygens (including phenoxy) is 1. The number of furan rings is 1. The number of rotatable bonds is 7. The van der Waals surface area contributed by atoms with Gasteiger partial charge in [-0.2, -0.15) is 0 Å². The van der Waals surface area contributed by atoms with Gasteiger partial charge in [0, 0.05) is 44.5 Å². The minimum atomic E-state index is -0.0478. The zero-order chi connectivity index (χ0) is 25.9. The third-order valence-electron chi connectivity index (χ3n) is 7.01. The van der Waals surface area contributed by atoms with Gasteiger partial charge in [-0.3, -0.25) is 9.69 Å². The Balaban J connectivity index is 1.31. The minimum absolute atomic E-state index is 0.0478. The molecule has 3 aromatic heterocycles. The van der Waals surface area contributed by atoms with Crippen LogP contribution >= 0.6 is 0 Å². The van der Waals surface area contributed by atoms with Gasteiger partial charge in [0.2, 0.25) is 0 Å². The predicted octanol–water partition coefficient (Wildman–Crippen LogP) is 5.62. The molecule has 0 bridgehead atoms. The first kappa shape index (κ1) is 24.0. The summed E-state index contributed by atoms with van der Waals surface area (Å²) in [6, 6.07) is 26.2. The van der Waals surface area contributed by atoms with Crippen LogP contribution in [0.15, 0.2) is 95.7 Å². The summed E-state index contributed by atoms with van der Waals surface area (Å²) in [5, 5.41) is 0. The number of amides is 1. The van der Waals surface area contributed by atoms with Crippen molar-refractivity contribution in [1.82, 2.24) is 19.2 Å². The first-order valence-corrected chi connectivity index (χ1v) is 13.0. The van der Waals surface area contributed by atoms with Crippen molar-refractivity contribution in [2.45, 2.75) is 13.5 Å². The van der Waals surface area contributed by atoms with Gasteiger partial charge in [-0.25, -0.2) is 4.98 Å². The van der Waals surface area contributed by atoms with Gasteiger partial charge in [0.1, 0.15) is 11.4 Å². The Hall–Kier alpha value is -4.36. The highest BCUT2D eigenvalue weighted by Gasteiger charge is 2.25. The molecule has 1 aliphatic heterocycles. The molecule has 0 aliphatic carbocycles. The second-order valence-electron chi connectivity index (χ2n) is 9.43. The summed E-state index contributed by atoms with van der Waals surface area (Å²) >= 11 is 0. The second kappa shape index (κ2) is 10.6. The fourth-order valence-corrected chi connectivity index (χ4v) is 5.05. The Kier molecular flexibility index (Phi) is 6.67. The molecular formula is C31H30N4O3. The van der Waals surface area contributed by atoms with Gasteiger partial charge in [-0.1, -0.05) is 42.5 Å². The van der Waals surface area contributed by atoms with Crippen LogP contribution in [-0.2, 0) is 6.54 Å². The normalized spacial score (nSPS) is 14.2. The monoisotopic (exact) mass is 506 g/mol. The molecule has 0 unspecified atom stereocenters. The van der Waals surface area contributed by atoms with E-state index in [1.165, 1.54) is 0 Å². The molecule has 0 atom stereocenters. The standard InChI is InChI=1S/C31H30N4O3/c1-2-37-26-11-6-10-24(20-26)25-13-14-29-32-30(23-8-4-3-5-9-23)27(35(29)21-25)22-33-15-17-34(18-16-33)31(36)28-12-7-19-38-28/h3-14,19-21H,2,15-18,22H2,1H3. The molecule has 38 heavy (non-hydrogen) atoms. The highest BCUT2D eigenvalue weighted by Crippen LogP contribution is 2.30. The summed E-state index contributed by atoms with van der Waals surface area (Å²) in [5.74, 6) is 1.21. The molecule has 0 spiro atoms. The maximum Gasteiger partial charge on any atom is 0.289 e. The fraction of sp³-hybridized carbons (Fsp3) is 0.226. The number of piperazine rings is 1. The molecule has 1 saturated heterocycles. The Bertz CT molecular complexity index is 1530. The summed E-state index contributed by atoms with van der Waals surface area (Å²) in [5.41, 5.74) is 6.34. The second-order valence-corrected chi connectivity index (χ2v) is 9.43. The minimum Gasteiger partial charge on any atom is -0.494 e. The highest BCUT2D eigenvalue weighted by atomic mass is 16.5. The van der Waals surface area contributed by atoms with E-state index < -0.39 is 0 Å². The molecule has 0 saturated carbocycles. The number of carbonyl (C=O) groups is 1. The SMILES string of the molecule is CCOc1cccc(-c2ccc3nc(-c4ccccc4)c(CN4CCN(C(=O)c5ccco5)CC4)n3c2)c1. The Morgan fingerprint density at radius 1 is 0.895 bits per heavy atom. The van der Waals surface area contributed by atoms with Crippen LogP contribution in [0.4, 0.5) is 0 Å². The van der Waals surface area contributed by atoms with Crippen LogP contribution in [0.25, 0.3) is 28.0 Å². The molecule has 1 aliphatic rings. The van der Waals surface area contributed by atoms with E-state index in [2.05, 4.69) is 51.9 Å². The molecule has 192 valence electrons. The fourth-order valence-electron chi connectivity index (χ4n) is 5.05. The first-order valence-electron chi connectivity index (χ1n) is 13.0. The number of pyridine rings is 1. The summed E-state index contributed by atoms with van der Waals surface area (Å²) in [6.45, 7) is 6.24. The zero-order valence-electron chi connectivity index (χ0n) is 21.4. The van der Waals surface area contributed by atoms with Crippen molar-refractivity contribution in [3.8, 4) is 28.1 Å². The molecule has 7 heteroatoms. The molecule has 1 fully saturated rings. The van der Waals surface area contributed by atoms with E-state index in [1.54, 1.807) is 18.4 Å². The van der Waals surface area contributed by atoms with Crippen molar-refractivity contribution in [1.29, 1.82) is 0 Å². The van der Waals surface area contributed by atoms with Crippen LogP contribution in [-0.4, -0.2) is 57.9 Å². The molecular weight excluding hydrogens is 476 g/mol. The van der Waals surface area contributed by atoms with Crippen molar-refractivity contribution >= 4 is 11.6 Å². The van der Waals surface area contributed by atoms with Gasteiger partial charge in [-0.05, 0) is 54.4 Å². The number of hydrogen-bond acceptors (Lipinski definition) is 5. The Morgan fingerprint density at radius 2 is 1.71 bits per heavy atom. The van der Waals surface area contributed by atoms with E-state index >= 15 is 0 Å². The number of nitrogens with zero attached hydrogens (tertiary/aromatic N) is 4. The van der Waals surface area contributed by atoms with Gasteiger partial charge < -0.3 is 18.5 Å². The average Bonchev–Trinajstić information content (AvgIpc) is 3.63. The molecule has 6 rings (SSSR count). The lowest BCUT2D eigenvalue weighted by Gasteiger charge is -2.34. The maximum atomic E-state index is 12.7. The summed E-state index contributed by atoms with van der Waals surface area (Å²) in [4.78, 5) is 22.0. The van der Waals surface area contributed by atoms with Crippen LogP contribution < -0.4 is 4.74 Å². The van der Waals surface area contributed by atoms with E-state index in [4.69, 9.17) is 14.1 Å². The quantitative estimate of drug-likeness (QED) is 0.287. The van der Waals surface area contributed by atoms with Crippen molar-refractivity contribution in [2.24, 2.45) is 0 Å². The summed E-state index contributed by atoms with van der Waals surface area (Å²) in [6.07, 6.45) is 3.71. The van der Waals surface area contributed by atoms with Crippen LogP contribution in [0.3, 0.4) is 0 Å². The Labute approximate surface area is 221 Å². The van der Waals surface area contributed by atoms with Crippen molar-refractivity contribution in [3.05, 3.63) is 103 Å². The molecule has 5 aromatic rings. The van der Waals surface area contributed by atoms with Crippen molar-refractivity contribution < 1.29 is 13.9 Å². The number of hydrogen-bond donors (Lipinski definition) is 0. The van der Waals surface area contributed by atoms with Crippen LogP contribution in [0.2, 0.25) is 0 Å². The molecule has 2 aromatic carbocycles. The van der Waals surface area contributed by atoms with E-state index in [0.29, 0.717) is 25.5 Å². The lowest BCUT2D eigenvalue weighted by Crippen LogP contribution is -2.48. The predicted molar refractivity (Wildman–Crippen MR) is 147 cm³/mol. The lowest BCUT2D eigenvalue weighted by atomic mass is 10.1. The largest absolute Gasteiger partial charge is 0.494 e. The Morgan fingerprint density at radius 3 is 2.47 bits per heavy atom. The molecule has 0 radical (unpaired) electrons. The average molecular weight is 507 g/mol. The topological polar surface area (TPSA) is 63.2 Å². The number of aromatic nitrogens is 2. The maximum absolute atomic E-state index is 12.7. The third kappa shape index (κ3) is 4.80. The number of carbonyl (C=O) groups excluding carboxylic acids is 1.